The SMILES string of the molecule is CN1CCSc2cc(N)ccc21. The van der Waals surface area contributed by atoms with Crippen LogP contribution in [-0.2, 0) is 0 Å². The fraction of sp³-hybridized carbons (Fsp3) is 0.333. The number of fused-ring (bicyclic) bond motifs is 1. The molecule has 0 unspecified atom stereocenters. The molecule has 0 fully saturated rings. The van der Waals surface area contributed by atoms with E-state index in [0.717, 1.165) is 18.0 Å². The summed E-state index contributed by atoms with van der Waals surface area (Å²) in [6.07, 6.45) is 0. The lowest BCUT2D eigenvalue weighted by Gasteiger charge is -2.26. The fourth-order valence-electron chi connectivity index (χ4n) is 1.37. The number of anilines is 2. The summed E-state index contributed by atoms with van der Waals surface area (Å²) in [7, 11) is 2.12. The molecule has 3 heteroatoms. The number of hydrogen-bond acceptors (Lipinski definition) is 3. The molecule has 1 aliphatic rings. The highest BCUT2D eigenvalue weighted by Gasteiger charge is 2.13. The average Bonchev–Trinajstić information content (AvgIpc) is 2.04. The van der Waals surface area contributed by atoms with Gasteiger partial charge in [0.15, 0.2) is 0 Å². The highest BCUT2D eigenvalue weighted by atomic mass is 32.2. The highest BCUT2D eigenvalue weighted by molar-refractivity contribution is 7.99. The normalized spacial score (nSPS) is 15.9. The van der Waals surface area contributed by atoms with Gasteiger partial charge in [-0.05, 0) is 18.2 Å². The number of hydrogen-bond donors (Lipinski definition) is 1. The molecule has 0 aliphatic carbocycles. The van der Waals surface area contributed by atoms with Gasteiger partial charge in [-0.1, -0.05) is 0 Å². The van der Waals surface area contributed by atoms with Crippen LogP contribution in [-0.4, -0.2) is 19.3 Å². The number of nitrogens with zero attached hydrogens (tertiary/aromatic N) is 1. The van der Waals surface area contributed by atoms with Crippen molar-refractivity contribution in [1.29, 1.82) is 0 Å². The third kappa shape index (κ3) is 1.25. The number of benzene rings is 1. The molecule has 1 aromatic rings. The molecule has 1 aromatic carbocycles. The van der Waals surface area contributed by atoms with Crippen molar-refractivity contribution in [2.24, 2.45) is 0 Å². The van der Waals surface area contributed by atoms with E-state index >= 15 is 0 Å². The Hall–Kier alpha value is -0.830. The third-order valence-corrected chi connectivity index (χ3v) is 3.10. The quantitative estimate of drug-likeness (QED) is 0.617. The molecular weight excluding hydrogens is 168 g/mol. The summed E-state index contributed by atoms with van der Waals surface area (Å²) in [6, 6.07) is 6.10. The summed E-state index contributed by atoms with van der Waals surface area (Å²) >= 11 is 1.88. The first-order chi connectivity index (χ1) is 5.77. The Labute approximate surface area is 76.7 Å². The lowest BCUT2D eigenvalue weighted by Crippen LogP contribution is -2.24. The standard InChI is InChI=1S/C9H12N2S/c1-11-4-5-12-9-6-7(10)2-3-8(9)11/h2-3,6H,4-5,10H2,1H3. The van der Waals surface area contributed by atoms with E-state index in [1.807, 2.05) is 17.8 Å². The van der Waals surface area contributed by atoms with Gasteiger partial charge < -0.3 is 10.6 Å². The molecule has 0 saturated heterocycles. The Morgan fingerprint density at radius 2 is 2.33 bits per heavy atom. The number of nitrogen functional groups attached to an aromatic ring is 1. The van der Waals surface area contributed by atoms with Crippen molar-refractivity contribution in [2.45, 2.75) is 4.90 Å². The van der Waals surface area contributed by atoms with Gasteiger partial charge in [0.2, 0.25) is 0 Å². The second-order valence-corrected chi connectivity index (χ2v) is 4.13. The van der Waals surface area contributed by atoms with Crippen LogP contribution in [0.4, 0.5) is 11.4 Å². The lowest BCUT2D eigenvalue weighted by molar-refractivity contribution is 0.944. The number of nitrogens with two attached hydrogens (primary N) is 1. The summed E-state index contributed by atoms with van der Waals surface area (Å²) in [5.74, 6) is 1.16. The van der Waals surface area contributed by atoms with E-state index in [-0.39, 0.29) is 0 Å². The maximum Gasteiger partial charge on any atom is 0.0503 e. The Morgan fingerprint density at radius 1 is 1.50 bits per heavy atom. The van der Waals surface area contributed by atoms with E-state index in [0.29, 0.717) is 0 Å². The van der Waals surface area contributed by atoms with Crippen LogP contribution in [0.1, 0.15) is 0 Å². The Balaban J connectivity index is 2.46. The predicted octanol–water partition coefficient (Wildman–Crippen LogP) is 1.81. The molecule has 0 atom stereocenters. The van der Waals surface area contributed by atoms with Gasteiger partial charge in [0.05, 0.1) is 5.69 Å². The first-order valence-electron chi connectivity index (χ1n) is 4.01. The molecule has 2 rings (SSSR count). The van der Waals surface area contributed by atoms with Crippen LogP contribution in [0.15, 0.2) is 23.1 Å². The van der Waals surface area contributed by atoms with Gasteiger partial charge in [0.25, 0.3) is 0 Å². The van der Waals surface area contributed by atoms with E-state index in [2.05, 4.69) is 24.1 Å². The van der Waals surface area contributed by atoms with Gasteiger partial charge in [0, 0.05) is 29.9 Å². The van der Waals surface area contributed by atoms with Crippen LogP contribution >= 0.6 is 11.8 Å². The summed E-state index contributed by atoms with van der Waals surface area (Å²) in [4.78, 5) is 3.58. The molecule has 0 spiro atoms. The number of rotatable bonds is 0. The van der Waals surface area contributed by atoms with Crippen molar-refractivity contribution in [3.63, 3.8) is 0 Å². The van der Waals surface area contributed by atoms with Gasteiger partial charge in [-0.15, -0.1) is 11.8 Å². The average molecular weight is 180 g/mol. The molecule has 2 nitrogen and oxygen atoms in total. The molecule has 0 saturated carbocycles. The molecule has 0 amide bonds. The van der Waals surface area contributed by atoms with Crippen LogP contribution < -0.4 is 10.6 Å². The zero-order valence-electron chi connectivity index (χ0n) is 7.08. The van der Waals surface area contributed by atoms with Crippen molar-refractivity contribution >= 4 is 23.1 Å². The molecule has 1 heterocycles. The summed E-state index contributed by atoms with van der Waals surface area (Å²) in [6.45, 7) is 1.13. The lowest BCUT2D eigenvalue weighted by atomic mass is 10.2. The van der Waals surface area contributed by atoms with E-state index in [4.69, 9.17) is 5.73 Å². The summed E-state index contributed by atoms with van der Waals surface area (Å²) in [5, 5.41) is 0. The van der Waals surface area contributed by atoms with E-state index < -0.39 is 0 Å². The molecular formula is C9H12N2S. The maximum atomic E-state index is 5.70. The van der Waals surface area contributed by atoms with Crippen molar-refractivity contribution in [3.8, 4) is 0 Å². The second kappa shape index (κ2) is 2.90. The predicted molar refractivity (Wildman–Crippen MR) is 54.8 cm³/mol. The molecule has 1 aliphatic heterocycles. The van der Waals surface area contributed by atoms with Gasteiger partial charge in [0.1, 0.15) is 0 Å². The molecule has 2 N–H and O–H groups in total. The molecule has 0 bridgehead atoms. The van der Waals surface area contributed by atoms with E-state index in [9.17, 15) is 0 Å². The van der Waals surface area contributed by atoms with Crippen LogP contribution in [0.3, 0.4) is 0 Å². The van der Waals surface area contributed by atoms with Gasteiger partial charge in [-0.3, -0.25) is 0 Å². The third-order valence-electron chi connectivity index (χ3n) is 2.08. The van der Waals surface area contributed by atoms with Crippen LogP contribution in [0.25, 0.3) is 0 Å². The minimum atomic E-state index is 0.858. The van der Waals surface area contributed by atoms with Crippen molar-refractivity contribution < 1.29 is 0 Å². The Kier molecular flexibility index (Phi) is 1.89. The highest BCUT2D eigenvalue weighted by Crippen LogP contribution is 2.34. The largest absolute Gasteiger partial charge is 0.399 e. The van der Waals surface area contributed by atoms with Gasteiger partial charge in [-0.25, -0.2) is 0 Å². The minimum Gasteiger partial charge on any atom is -0.399 e. The van der Waals surface area contributed by atoms with E-state index in [1.165, 1.54) is 10.6 Å². The van der Waals surface area contributed by atoms with Crippen LogP contribution in [0.2, 0.25) is 0 Å². The molecule has 0 radical (unpaired) electrons. The number of thioether (sulfide) groups is 1. The Morgan fingerprint density at radius 3 is 3.17 bits per heavy atom. The molecule has 0 aromatic heterocycles. The van der Waals surface area contributed by atoms with Gasteiger partial charge >= 0.3 is 0 Å². The van der Waals surface area contributed by atoms with Crippen molar-refractivity contribution in [2.75, 3.05) is 30.0 Å². The first kappa shape index (κ1) is 7.80. The summed E-state index contributed by atoms with van der Waals surface area (Å²) < 4.78 is 0. The second-order valence-electron chi connectivity index (χ2n) is 3.00. The zero-order valence-corrected chi connectivity index (χ0v) is 7.90. The van der Waals surface area contributed by atoms with Crippen molar-refractivity contribution in [3.05, 3.63) is 18.2 Å². The Bertz CT molecular complexity index is 299. The molecule has 12 heavy (non-hydrogen) atoms. The van der Waals surface area contributed by atoms with Gasteiger partial charge in [-0.2, -0.15) is 0 Å². The van der Waals surface area contributed by atoms with Crippen molar-refractivity contribution in [1.82, 2.24) is 0 Å². The molecule has 64 valence electrons. The first-order valence-corrected chi connectivity index (χ1v) is 4.99. The topological polar surface area (TPSA) is 29.3 Å². The van der Waals surface area contributed by atoms with Crippen LogP contribution in [0.5, 0.6) is 0 Å². The minimum absolute atomic E-state index is 0.858. The summed E-state index contributed by atoms with van der Waals surface area (Å²) in [5.41, 5.74) is 7.86. The monoisotopic (exact) mass is 180 g/mol. The zero-order chi connectivity index (χ0) is 8.55. The fourth-order valence-corrected chi connectivity index (χ4v) is 2.55. The maximum absolute atomic E-state index is 5.70. The van der Waals surface area contributed by atoms with Crippen LogP contribution in [0, 0.1) is 0 Å². The van der Waals surface area contributed by atoms with E-state index in [1.54, 1.807) is 0 Å². The smallest absolute Gasteiger partial charge is 0.0503 e.